The van der Waals surface area contributed by atoms with Crippen molar-refractivity contribution in [3.05, 3.63) is 25.0 Å². The maximum atomic E-state index is 3.14. The molecule has 0 saturated heterocycles. The molecule has 1 rings (SSSR count). The summed E-state index contributed by atoms with van der Waals surface area (Å²) in [7, 11) is 0. The fourth-order valence-corrected chi connectivity index (χ4v) is 0.638. The SMILES string of the molecule is [C]1C=C[CH]CCC1. The minimum atomic E-state index is 1.13. The summed E-state index contributed by atoms with van der Waals surface area (Å²) >= 11 is 0. The molecule has 0 bridgehead atoms. The van der Waals surface area contributed by atoms with Crippen molar-refractivity contribution in [1.82, 2.24) is 0 Å². The number of rotatable bonds is 0. The molecule has 0 nitrogen and oxygen atoms in total. The third-order valence-electron chi connectivity index (χ3n) is 1.04. The number of hydrogen-bond acceptors (Lipinski definition) is 0. The van der Waals surface area contributed by atoms with E-state index in [-0.39, 0.29) is 0 Å². The van der Waals surface area contributed by atoms with Crippen molar-refractivity contribution in [3.63, 3.8) is 0 Å². The Labute approximate surface area is 45.2 Å². The third kappa shape index (κ3) is 1.77. The Bertz CT molecular complexity index is 54.4. The quantitative estimate of drug-likeness (QED) is 0.429. The molecular weight excluding hydrogens is 84.1 g/mol. The van der Waals surface area contributed by atoms with Crippen molar-refractivity contribution in [2.45, 2.75) is 19.3 Å². The largest absolute Gasteiger partial charge is 0.0842 e. The van der Waals surface area contributed by atoms with Crippen LogP contribution in [0.15, 0.2) is 12.2 Å². The van der Waals surface area contributed by atoms with Crippen molar-refractivity contribution >= 4 is 0 Å². The lowest BCUT2D eigenvalue weighted by Gasteiger charge is -1.85. The Hall–Kier alpha value is -0.260. The van der Waals surface area contributed by atoms with Crippen LogP contribution >= 0.6 is 0 Å². The summed E-state index contributed by atoms with van der Waals surface area (Å²) in [6.45, 7) is 0. The molecule has 3 radical (unpaired) electrons. The normalized spacial score (nSPS) is 21.7. The summed E-state index contributed by atoms with van der Waals surface area (Å²) in [5, 5.41) is 0. The molecule has 0 aliphatic heterocycles. The van der Waals surface area contributed by atoms with Crippen molar-refractivity contribution < 1.29 is 0 Å². The van der Waals surface area contributed by atoms with Crippen LogP contribution in [0.25, 0.3) is 0 Å². The van der Waals surface area contributed by atoms with Gasteiger partial charge in [-0.05, 0) is 19.3 Å². The molecule has 0 heteroatoms. The van der Waals surface area contributed by atoms with Crippen LogP contribution in [0, 0.1) is 12.8 Å². The fraction of sp³-hybridized carbons (Fsp3) is 0.429. The highest BCUT2D eigenvalue weighted by Gasteiger charge is 1.89. The van der Waals surface area contributed by atoms with Gasteiger partial charge in [-0.2, -0.15) is 0 Å². The third-order valence-corrected chi connectivity index (χ3v) is 1.04. The molecule has 0 heterocycles. The molecule has 0 amide bonds. The number of allylic oxidation sites excluding steroid dienone is 2. The van der Waals surface area contributed by atoms with Gasteiger partial charge in [-0.15, -0.1) is 0 Å². The van der Waals surface area contributed by atoms with Gasteiger partial charge in [0.1, 0.15) is 0 Å². The van der Waals surface area contributed by atoms with E-state index in [4.69, 9.17) is 0 Å². The van der Waals surface area contributed by atoms with E-state index in [1.807, 2.05) is 6.08 Å². The highest BCUT2D eigenvalue weighted by Crippen LogP contribution is 2.06. The van der Waals surface area contributed by atoms with Gasteiger partial charge in [-0.3, -0.25) is 0 Å². The fourth-order valence-electron chi connectivity index (χ4n) is 0.638. The molecule has 0 aromatic carbocycles. The second kappa shape index (κ2) is 2.84. The molecule has 0 fully saturated rings. The van der Waals surface area contributed by atoms with Gasteiger partial charge in [0.25, 0.3) is 0 Å². The molecule has 0 atom stereocenters. The van der Waals surface area contributed by atoms with Gasteiger partial charge >= 0.3 is 0 Å². The first-order chi connectivity index (χ1) is 3.50. The molecule has 37 valence electrons. The molecule has 0 unspecified atom stereocenters. The summed E-state index contributed by atoms with van der Waals surface area (Å²) in [6, 6.07) is 0. The zero-order valence-corrected chi connectivity index (χ0v) is 4.35. The molecule has 0 N–H and O–H groups in total. The minimum Gasteiger partial charge on any atom is -0.0842 e. The Morgan fingerprint density at radius 2 is 2.43 bits per heavy atom. The zero-order valence-electron chi connectivity index (χ0n) is 4.35. The lowest BCUT2D eigenvalue weighted by Crippen LogP contribution is -1.68. The average Bonchev–Trinajstić information content (AvgIpc) is 1.90. The Kier molecular flexibility index (Phi) is 1.98. The smallest absolute Gasteiger partial charge is 0.00809 e. The van der Waals surface area contributed by atoms with Crippen LogP contribution in [0.4, 0.5) is 0 Å². The molecule has 0 saturated carbocycles. The van der Waals surface area contributed by atoms with Crippen molar-refractivity contribution in [3.8, 4) is 0 Å². The summed E-state index contributed by atoms with van der Waals surface area (Å²) in [5.74, 6) is 0. The van der Waals surface area contributed by atoms with Gasteiger partial charge in [-0.1, -0.05) is 18.6 Å². The van der Waals surface area contributed by atoms with Gasteiger partial charge in [0, 0.05) is 6.42 Å². The van der Waals surface area contributed by atoms with E-state index in [0.29, 0.717) is 0 Å². The standard InChI is InChI=1S/C7H9/c1-2-4-6-7-5-3-1/h1-3H,4,6-7H2. The first-order valence-electron chi connectivity index (χ1n) is 2.72. The Morgan fingerprint density at radius 3 is 3.43 bits per heavy atom. The van der Waals surface area contributed by atoms with Crippen LogP contribution in [-0.2, 0) is 0 Å². The van der Waals surface area contributed by atoms with E-state index in [2.05, 4.69) is 18.9 Å². The van der Waals surface area contributed by atoms with E-state index >= 15 is 0 Å². The van der Waals surface area contributed by atoms with Crippen LogP contribution in [0.2, 0.25) is 0 Å². The maximum absolute atomic E-state index is 3.14. The van der Waals surface area contributed by atoms with Gasteiger partial charge in [0.2, 0.25) is 0 Å². The van der Waals surface area contributed by atoms with E-state index in [9.17, 15) is 0 Å². The van der Waals surface area contributed by atoms with E-state index < -0.39 is 0 Å². The van der Waals surface area contributed by atoms with E-state index in [1.54, 1.807) is 0 Å². The van der Waals surface area contributed by atoms with Crippen LogP contribution < -0.4 is 0 Å². The van der Waals surface area contributed by atoms with E-state index in [1.165, 1.54) is 12.8 Å². The highest BCUT2D eigenvalue weighted by molar-refractivity contribution is 5.04. The molecular formula is C7H9. The van der Waals surface area contributed by atoms with Crippen molar-refractivity contribution in [1.29, 1.82) is 0 Å². The van der Waals surface area contributed by atoms with Gasteiger partial charge < -0.3 is 0 Å². The Morgan fingerprint density at radius 1 is 1.43 bits per heavy atom. The van der Waals surface area contributed by atoms with Crippen LogP contribution in [-0.4, -0.2) is 0 Å². The van der Waals surface area contributed by atoms with E-state index in [0.717, 1.165) is 6.42 Å². The molecule has 0 aromatic rings. The summed E-state index contributed by atoms with van der Waals surface area (Å²) < 4.78 is 0. The first-order valence-corrected chi connectivity index (χ1v) is 2.72. The zero-order chi connectivity index (χ0) is 4.95. The predicted octanol–water partition coefficient (Wildman–Crippen LogP) is 2.01. The highest BCUT2D eigenvalue weighted by atomic mass is 13.9. The monoisotopic (exact) mass is 93.1 g/mol. The summed E-state index contributed by atoms with van der Waals surface area (Å²) in [4.78, 5) is 0. The number of hydrogen-bond donors (Lipinski definition) is 0. The second-order valence-electron chi connectivity index (χ2n) is 1.69. The molecule has 1 aliphatic carbocycles. The summed E-state index contributed by atoms with van der Waals surface area (Å²) in [5.41, 5.74) is 0. The van der Waals surface area contributed by atoms with Crippen molar-refractivity contribution in [2.24, 2.45) is 0 Å². The summed E-state index contributed by atoms with van der Waals surface area (Å²) in [6.07, 6.45) is 13.0. The topological polar surface area (TPSA) is 0 Å². The average molecular weight is 93.1 g/mol. The van der Waals surface area contributed by atoms with Gasteiger partial charge in [0.05, 0.1) is 0 Å². The van der Waals surface area contributed by atoms with Crippen molar-refractivity contribution in [2.75, 3.05) is 0 Å². The molecule has 0 spiro atoms. The second-order valence-corrected chi connectivity index (χ2v) is 1.69. The molecule has 7 heavy (non-hydrogen) atoms. The first kappa shape index (κ1) is 4.89. The lowest BCUT2D eigenvalue weighted by molar-refractivity contribution is 0.834. The van der Waals surface area contributed by atoms with Crippen LogP contribution in [0.3, 0.4) is 0 Å². The Balaban J connectivity index is 2.20. The lowest BCUT2D eigenvalue weighted by atomic mass is 10.2. The minimum absolute atomic E-state index is 1.13. The van der Waals surface area contributed by atoms with Gasteiger partial charge in [0.15, 0.2) is 0 Å². The maximum Gasteiger partial charge on any atom is 0.00809 e. The van der Waals surface area contributed by atoms with Crippen LogP contribution in [0.1, 0.15) is 19.3 Å². The van der Waals surface area contributed by atoms with Crippen LogP contribution in [0.5, 0.6) is 0 Å². The molecule has 0 aromatic heterocycles. The van der Waals surface area contributed by atoms with Gasteiger partial charge in [-0.25, -0.2) is 0 Å². The predicted molar refractivity (Wildman–Crippen MR) is 30.5 cm³/mol. The molecule has 1 aliphatic rings.